The Bertz CT molecular complexity index is 654. The minimum atomic E-state index is -1.11. The fourth-order valence-electron chi connectivity index (χ4n) is 2.00. The first-order valence-electron chi connectivity index (χ1n) is 5.85. The Morgan fingerprint density at radius 3 is 2.80 bits per heavy atom. The van der Waals surface area contributed by atoms with E-state index in [1.165, 1.54) is 0 Å². The van der Waals surface area contributed by atoms with Crippen LogP contribution in [0.4, 0.5) is 0 Å². The van der Waals surface area contributed by atoms with E-state index < -0.39 is 17.9 Å². The summed E-state index contributed by atoms with van der Waals surface area (Å²) in [6.45, 7) is 0. The van der Waals surface area contributed by atoms with Crippen molar-refractivity contribution in [3.63, 3.8) is 0 Å². The lowest BCUT2D eigenvalue weighted by molar-refractivity contribution is -0.141. The molecule has 1 heterocycles. The third kappa shape index (κ3) is 3.05. The second-order valence-corrected chi connectivity index (χ2v) is 4.95. The predicted octanol–water partition coefficient (Wildman–Crippen LogP) is 2.17. The van der Waals surface area contributed by atoms with Crippen LogP contribution in [-0.2, 0) is 16.0 Å². The van der Waals surface area contributed by atoms with Crippen LogP contribution in [0.2, 0.25) is 5.02 Å². The van der Waals surface area contributed by atoms with Crippen molar-refractivity contribution in [2.75, 3.05) is 5.88 Å². The number of fused-ring (bicyclic) bond motifs is 1. The molecule has 0 aliphatic rings. The molecule has 0 saturated carbocycles. The molecule has 5 nitrogen and oxygen atoms in total. The van der Waals surface area contributed by atoms with E-state index in [1.807, 2.05) is 6.07 Å². The average molecular weight is 315 g/mol. The first-order chi connectivity index (χ1) is 9.52. The Morgan fingerprint density at radius 2 is 2.15 bits per heavy atom. The molecule has 3 N–H and O–H groups in total. The topological polar surface area (TPSA) is 82.2 Å². The molecule has 1 amide bonds. The van der Waals surface area contributed by atoms with Gasteiger partial charge in [-0.15, -0.1) is 11.6 Å². The maximum absolute atomic E-state index is 11.2. The van der Waals surface area contributed by atoms with Crippen molar-refractivity contribution in [1.82, 2.24) is 10.3 Å². The van der Waals surface area contributed by atoms with E-state index >= 15 is 0 Å². The second kappa shape index (κ2) is 6.15. The molecule has 1 unspecified atom stereocenters. The van der Waals surface area contributed by atoms with Crippen LogP contribution in [-0.4, -0.2) is 33.9 Å². The van der Waals surface area contributed by atoms with Gasteiger partial charge in [0, 0.05) is 18.0 Å². The number of halogens is 2. The minimum absolute atomic E-state index is 0.151. The molecule has 2 aromatic rings. The molecule has 0 aliphatic carbocycles. The standard InChI is InChI=1S/C13H12Cl2N2O3/c14-5-11(18)17-10(13(19)20)4-7-6-16-12-8(7)2-1-3-9(12)15/h1-3,6,10,16H,4-5H2,(H,17,18)(H,19,20). The molecule has 0 spiro atoms. The first kappa shape index (κ1) is 14.7. The smallest absolute Gasteiger partial charge is 0.326 e. The summed E-state index contributed by atoms with van der Waals surface area (Å²) in [7, 11) is 0. The van der Waals surface area contributed by atoms with Crippen molar-refractivity contribution >= 4 is 46.0 Å². The number of carboxylic acid groups (broad SMARTS) is 1. The molecule has 2 rings (SSSR count). The Hall–Kier alpha value is -1.72. The summed E-state index contributed by atoms with van der Waals surface area (Å²) in [5.74, 6) is -1.90. The van der Waals surface area contributed by atoms with Gasteiger partial charge in [-0.1, -0.05) is 23.7 Å². The van der Waals surface area contributed by atoms with E-state index in [-0.39, 0.29) is 12.3 Å². The van der Waals surface area contributed by atoms with Crippen LogP contribution in [0.5, 0.6) is 0 Å². The fourth-order valence-corrected chi connectivity index (χ4v) is 2.30. The molecule has 1 atom stereocenters. The van der Waals surface area contributed by atoms with E-state index in [2.05, 4.69) is 10.3 Å². The number of rotatable bonds is 5. The number of para-hydroxylation sites is 1. The Labute approximate surface area is 124 Å². The molecule has 1 aromatic heterocycles. The summed E-state index contributed by atoms with van der Waals surface area (Å²) in [5.41, 5.74) is 1.52. The zero-order chi connectivity index (χ0) is 14.7. The molecule has 0 fully saturated rings. The maximum atomic E-state index is 11.2. The van der Waals surface area contributed by atoms with Gasteiger partial charge in [-0.3, -0.25) is 4.79 Å². The minimum Gasteiger partial charge on any atom is -0.480 e. The molecule has 7 heteroatoms. The van der Waals surface area contributed by atoms with E-state index in [1.54, 1.807) is 18.3 Å². The van der Waals surface area contributed by atoms with Crippen LogP contribution in [0, 0.1) is 0 Å². The molecule has 106 valence electrons. The SMILES string of the molecule is O=C(CCl)NC(Cc1c[nH]c2c(Cl)cccc12)C(=O)O. The first-order valence-corrected chi connectivity index (χ1v) is 6.76. The Morgan fingerprint density at radius 1 is 1.40 bits per heavy atom. The zero-order valence-corrected chi connectivity index (χ0v) is 11.8. The second-order valence-electron chi connectivity index (χ2n) is 4.27. The van der Waals surface area contributed by atoms with Crippen LogP contribution in [0.1, 0.15) is 5.56 Å². The average Bonchev–Trinajstić information content (AvgIpc) is 2.82. The van der Waals surface area contributed by atoms with Crippen molar-refractivity contribution in [1.29, 1.82) is 0 Å². The summed E-state index contributed by atoms with van der Waals surface area (Å²) in [5, 5.41) is 12.9. The van der Waals surface area contributed by atoms with Crippen LogP contribution < -0.4 is 5.32 Å². The number of carboxylic acids is 1. The number of H-pyrrole nitrogens is 1. The Kier molecular flexibility index (Phi) is 4.52. The van der Waals surface area contributed by atoms with Gasteiger partial charge in [0.05, 0.1) is 10.5 Å². The van der Waals surface area contributed by atoms with Crippen molar-refractivity contribution in [2.24, 2.45) is 0 Å². The van der Waals surface area contributed by atoms with Gasteiger partial charge in [0.2, 0.25) is 5.91 Å². The van der Waals surface area contributed by atoms with Crippen LogP contribution in [0.25, 0.3) is 10.9 Å². The summed E-state index contributed by atoms with van der Waals surface area (Å²) in [6.07, 6.45) is 1.84. The van der Waals surface area contributed by atoms with Gasteiger partial charge in [-0.05, 0) is 11.6 Å². The van der Waals surface area contributed by atoms with Crippen molar-refractivity contribution in [2.45, 2.75) is 12.5 Å². The number of carbonyl (C=O) groups is 2. The lowest BCUT2D eigenvalue weighted by atomic mass is 10.1. The van der Waals surface area contributed by atoms with E-state index in [9.17, 15) is 9.59 Å². The number of aromatic nitrogens is 1. The number of aromatic amines is 1. The lowest BCUT2D eigenvalue weighted by Crippen LogP contribution is -2.42. The van der Waals surface area contributed by atoms with Gasteiger partial charge >= 0.3 is 5.97 Å². The highest BCUT2D eigenvalue weighted by Gasteiger charge is 2.21. The quantitative estimate of drug-likeness (QED) is 0.740. The molecule has 1 aromatic carbocycles. The number of hydrogen-bond donors (Lipinski definition) is 3. The number of carbonyl (C=O) groups excluding carboxylic acids is 1. The summed E-state index contributed by atoms with van der Waals surface area (Å²) in [4.78, 5) is 25.4. The summed E-state index contributed by atoms with van der Waals surface area (Å²) < 4.78 is 0. The largest absolute Gasteiger partial charge is 0.480 e. The fraction of sp³-hybridized carbons (Fsp3) is 0.231. The number of alkyl halides is 1. The molecule has 0 radical (unpaired) electrons. The number of benzene rings is 1. The normalized spacial score (nSPS) is 12.3. The number of aliphatic carboxylic acids is 1. The number of nitrogens with one attached hydrogen (secondary N) is 2. The van der Waals surface area contributed by atoms with E-state index in [4.69, 9.17) is 28.3 Å². The van der Waals surface area contributed by atoms with Crippen molar-refractivity contribution in [3.8, 4) is 0 Å². The van der Waals surface area contributed by atoms with E-state index in [0.29, 0.717) is 5.02 Å². The molecular formula is C13H12Cl2N2O3. The van der Waals surface area contributed by atoms with Gasteiger partial charge in [-0.2, -0.15) is 0 Å². The third-order valence-corrected chi connectivity index (χ3v) is 3.49. The highest BCUT2D eigenvalue weighted by Crippen LogP contribution is 2.25. The predicted molar refractivity (Wildman–Crippen MR) is 77.3 cm³/mol. The molecule has 0 bridgehead atoms. The number of amides is 1. The summed E-state index contributed by atoms with van der Waals surface area (Å²) >= 11 is 11.4. The monoisotopic (exact) mass is 314 g/mol. The molecular weight excluding hydrogens is 303 g/mol. The zero-order valence-electron chi connectivity index (χ0n) is 10.3. The highest BCUT2D eigenvalue weighted by atomic mass is 35.5. The van der Waals surface area contributed by atoms with Crippen LogP contribution in [0.15, 0.2) is 24.4 Å². The van der Waals surface area contributed by atoms with E-state index in [0.717, 1.165) is 16.5 Å². The maximum Gasteiger partial charge on any atom is 0.326 e. The van der Waals surface area contributed by atoms with Gasteiger partial charge in [0.25, 0.3) is 0 Å². The van der Waals surface area contributed by atoms with Gasteiger partial charge in [0.15, 0.2) is 0 Å². The van der Waals surface area contributed by atoms with Crippen molar-refractivity contribution < 1.29 is 14.7 Å². The van der Waals surface area contributed by atoms with Crippen LogP contribution in [0.3, 0.4) is 0 Å². The van der Waals surface area contributed by atoms with Gasteiger partial charge < -0.3 is 15.4 Å². The summed E-state index contributed by atoms with van der Waals surface area (Å²) in [6, 6.07) is 4.35. The third-order valence-electron chi connectivity index (χ3n) is 2.93. The molecule has 0 aliphatic heterocycles. The lowest BCUT2D eigenvalue weighted by Gasteiger charge is -2.13. The highest BCUT2D eigenvalue weighted by molar-refractivity contribution is 6.35. The van der Waals surface area contributed by atoms with Gasteiger partial charge in [-0.25, -0.2) is 4.79 Å². The Balaban J connectivity index is 2.27. The van der Waals surface area contributed by atoms with Crippen LogP contribution >= 0.6 is 23.2 Å². The molecule has 20 heavy (non-hydrogen) atoms. The van der Waals surface area contributed by atoms with Crippen molar-refractivity contribution in [3.05, 3.63) is 35.0 Å². The van der Waals surface area contributed by atoms with Gasteiger partial charge in [0.1, 0.15) is 11.9 Å². The molecule has 0 saturated heterocycles. The number of hydrogen-bond acceptors (Lipinski definition) is 2.